The van der Waals surface area contributed by atoms with Crippen LogP contribution < -0.4 is 5.32 Å². The summed E-state index contributed by atoms with van der Waals surface area (Å²) in [7, 11) is 0. The van der Waals surface area contributed by atoms with Crippen LogP contribution in [0.5, 0.6) is 0 Å². The van der Waals surface area contributed by atoms with E-state index in [4.69, 9.17) is 0 Å². The van der Waals surface area contributed by atoms with E-state index in [-0.39, 0.29) is 5.78 Å². The Morgan fingerprint density at radius 2 is 2.35 bits per heavy atom. The third-order valence-corrected chi connectivity index (χ3v) is 3.59. The van der Waals surface area contributed by atoms with Crippen molar-refractivity contribution < 1.29 is 4.79 Å². The fourth-order valence-corrected chi connectivity index (χ4v) is 2.55. The summed E-state index contributed by atoms with van der Waals surface area (Å²) in [5, 5.41) is 7.45. The number of Topliss-reactive ketones (excluding diaryl/α,β-unsaturated/α-hetero) is 1. The monoisotopic (exact) mass is 270 g/mol. The lowest BCUT2D eigenvalue weighted by Gasteiger charge is -2.06. The van der Waals surface area contributed by atoms with Crippen LogP contribution in [0, 0.1) is 0 Å². The predicted octanol–water partition coefficient (Wildman–Crippen LogP) is 2.08. The van der Waals surface area contributed by atoms with Gasteiger partial charge in [-0.3, -0.25) is 4.79 Å². The zero-order valence-electron chi connectivity index (χ0n) is 11.6. The summed E-state index contributed by atoms with van der Waals surface area (Å²) in [5.74, 6) is 0.848. The summed E-state index contributed by atoms with van der Waals surface area (Å²) in [6.45, 7) is 3.84. The molecule has 1 aliphatic heterocycles. The normalized spacial score (nSPS) is 13.1. The maximum Gasteiger partial charge on any atom is 0.170 e. The van der Waals surface area contributed by atoms with Crippen LogP contribution in [0.3, 0.4) is 0 Å². The molecule has 104 valence electrons. The molecule has 2 heterocycles. The molecule has 3 rings (SSSR count). The molecule has 0 saturated heterocycles. The van der Waals surface area contributed by atoms with E-state index in [0.29, 0.717) is 6.42 Å². The quantitative estimate of drug-likeness (QED) is 0.845. The van der Waals surface area contributed by atoms with Gasteiger partial charge < -0.3 is 5.32 Å². The van der Waals surface area contributed by atoms with E-state index in [0.717, 1.165) is 43.0 Å². The molecule has 5 nitrogen and oxygen atoms in total. The largest absolute Gasteiger partial charge is 0.384 e. The molecule has 0 unspecified atom stereocenters. The Bertz CT molecular complexity index is 633. The first-order valence-electron chi connectivity index (χ1n) is 7.04. The SMILES string of the molecule is CCCn1ncnc1CC(=O)c1ccc2c(c1)CCN2. The number of ketones is 1. The van der Waals surface area contributed by atoms with E-state index >= 15 is 0 Å². The van der Waals surface area contributed by atoms with Crippen molar-refractivity contribution in [3.05, 3.63) is 41.5 Å². The Hall–Kier alpha value is -2.17. The van der Waals surface area contributed by atoms with Gasteiger partial charge in [0.2, 0.25) is 0 Å². The minimum atomic E-state index is 0.102. The lowest BCUT2D eigenvalue weighted by molar-refractivity contribution is 0.0989. The average molecular weight is 270 g/mol. The topological polar surface area (TPSA) is 59.8 Å². The van der Waals surface area contributed by atoms with Crippen LogP contribution >= 0.6 is 0 Å². The lowest BCUT2D eigenvalue weighted by Crippen LogP contribution is -2.11. The van der Waals surface area contributed by atoms with E-state index in [9.17, 15) is 4.79 Å². The molecular weight excluding hydrogens is 252 g/mol. The molecule has 20 heavy (non-hydrogen) atoms. The molecule has 0 spiro atoms. The summed E-state index contributed by atoms with van der Waals surface area (Å²) < 4.78 is 1.81. The van der Waals surface area contributed by atoms with Crippen LogP contribution in [-0.2, 0) is 19.4 Å². The van der Waals surface area contributed by atoms with Crippen molar-refractivity contribution in [3.63, 3.8) is 0 Å². The highest BCUT2D eigenvalue weighted by molar-refractivity contribution is 5.97. The van der Waals surface area contributed by atoms with E-state index in [1.54, 1.807) is 0 Å². The molecule has 1 N–H and O–H groups in total. The van der Waals surface area contributed by atoms with Gasteiger partial charge in [-0.05, 0) is 36.6 Å². The maximum atomic E-state index is 12.4. The molecule has 1 aliphatic rings. The van der Waals surface area contributed by atoms with Gasteiger partial charge in [0.05, 0.1) is 6.42 Å². The Balaban J connectivity index is 1.77. The maximum absolute atomic E-state index is 12.4. The Kier molecular flexibility index (Phi) is 3.50. The summed E-state index contributed by atoms with van der Waals surface area (Å²) in [6.07, 6.45) is 3.80. The fourth-order valence-electron chi connectivity index (χ4n) is 2.55. The van der Waals surface area contributed by atoms with Crippen LogP contribution in [0.1, 0.15) is 35.1 Å². The number of anilines is 1. The summed E-state index contributed by atoms with van der Waals surface area (Å²) in [6, 6.07) is 5.88. The zero-order valence-corrected chi connectivity index (χ0v) is 11.6. The highest BCUT2D eigenvalue weighted by Crippen LogP contribution is 2.23. The molecule has 1 aromatic heterocycles. The molecule has 1 aromatic carbocycles. The molecule has 0 atom stereocenters. The molecule has 0 amide bonds. The molecule has 2 aromatic rings. The van der Waals surface area contributed by atoms with Crippen molar-refractivity contribution in [1.29, 1.82) is 0 Å². The second kappa shape index (κ2) is 5.45. The Labute approximate surface area is 118 Å². The van der Waals surface area contributed by atoms with E-state index < -0.39 is 0 Å². The van der Waals surface area contributed by atoms with Gasteiger partial charge in [-0.15, -0.1) is 0 Å². The van der Waals surface area contributed by atoms with E-state index in [2.05, 4.69) is 22.3 Å². The molecule has 5 heteroatoms. The van der Waals surface area contributed by atoms with Crippen molar-refractivity contribution in [2.75, 3.05) is 11.9 Å². The number of nitrogens with one attached hydrogen (secondary N) is 1. The van der Waals surface area contributed by atoms with Crippen LogP contribution in [-0.4, -0.2) is 27.1 Å². The number of aryl methyl sites for hydroxylation is 1. The number of carbonyl (C=O) groups excluding carboxylic acids is 1. The number of hydrogen-bond acceptors (Lipinski definition) is 4. The molecule has 0 fully saturated rings. The van der Waals surface area contributed by atoms with Crippen molar-refractivity contribution >= 4 is 11.5 Å². The molecule has 0 aliphatic carbocycles. The van der Waals surface area contributed by atoms with Crippen LogP contribution in [0.15, 0.2) is 24.5 Å². The first-order chi connectivity index (χ1) is 9.78. The summed E-state index contributed by atoms with van der Waals surface area (Å²) in [5.41, 5.74) is 3.14. The number of hydrogen-bond donors (Lipinski definition) is 1. The third kappa shape index (κ3) is 2.43. The molecular formula is C15H18N4O. The molecule has 0 radical (unpaired) electrons. The number of aromatic nitrogens is 3. The smallest absolute Gasteiger partial charge is 0.170 e. The van der Waals surface area contributed by atoms with Gasteiger partial charge in [0.1, 0.15) is 12.2 Å². The second-order valence-corrected chi connectivity index (χ2v) is 5.05. The highest BCUT2D eigenvalue weighted by Gasteiger charge is 2.15. The number of fused-ring (bicyclic) bond motifs is 1. The van der Waals surface area contributed by atoms with Crippen LogP contribution in [0.25, 0.3) is 0 Å². The molecule has 0 saturated carbocycles. The Morgan fingerprint density at radius 1 is 1.45 bits per heavy atom. The van der Waals surface area contributed by atoms with Crippen molar-refractivity contribution in [2.24, 2.45) is 0 Å². The van der Waals surface area contributed by atoms with Crippen molar-refractivity contribution in [3.8, 4) is 0 Å². The van der Waals surface area contributed by atoms with Crippen molar-refractivity contribution in [2.45, 2.75) is 32.7 Å². The van der Waals surface area contributed by atoms with E-state index in [1.165, 1.54) is 11.9 Å². The summed E-state index contributed by atoms with van der Waals surface area (Å²) in [4.78, 5) is 16.6. The van der Waals surface area contributed by atoms with Gasteiger partial charge >= 0.3 is 0 Å². The minimum Gasteiger partial charge on any atom is -0.384 e. The van der Waals surface area contributed by atoms with Crippen molar-refractivity contribution in [1.82, 2.24) is 14.8 Å². The van der Waals surface area contributed by atoms with Crippen LogP contribution in [0.4, 0.5) is 5.69 Å². The van der Waals surface area contributed by atoms with Crippen LogP contribution in [0.2, 0.25) is 0 Å². The predicted molar refractivity (Wildman–Crippen MR) is 77.0 cm³/mol. The second-order valence-electron chi connectivity index (χ2n) is 5.05. The molecule has 0 bridgehead atoms. The summed E-state index contributed by atoms with van der Waals surface area (Å²) >= 11 is 0. The standard InChI is InChI=1S/C15H18N4O/c1-2-7-19-15(17-10-18-19)9-14(20)12-3-4-13-11(8-12)5-6-16-13/h3-4,8,10,16H,2,5-7,9H2,1H3. The first-order valence-corrected chi connectivity index (χ1v) is 7.04. The number of benzene rings is 1. The third-order valence-electron chi connectivity index (χ3n) is 3.59. The van der Waals surface area contributed by atoms with Gasteiger partial charge in [-0.25, -0.2) is 9.67 Å². The van der Waals surface area contributed by atoms with Gasteiger partial charge in [-0.2, -0.15) is 5.10 Å². The van der Waals surface area contributed by atoms with E-state index in [1.807, 2.05) is 22.9 Å². The highest BCUT2D eigenvalue weighted by atomic mass is 16.1. The zero-order chi connectivity index (χ0) is 13.9. The lowest BCUT2D eigenvalue weighted by atomic mass is 10.0. The van der Waals surface area contributed by atoms with Gasteiger partial charge in [0.15, 0.2) is 5.78 Å². The fraction of sp³-hybridized carbons (Fsp3) is 0.400. The number of rotatable bonds is 5. The minimum absolute atomic E-state index is 0.102. The first kappa shape index (κ1) is 12.8. The van der Waals surface area contributed by atoms with Gasteiger partial charge in [0, 0.05) is 24.3 Å². The number of carbonyl (C=O) groups is 1. The number of nitrogens with zero attached hydrogens (tertiary/aromatic N) is 3. The van der Waals surface area contributed by atoms with Gasteiger partial charge in [0.25, 0.3) is 0 Å². The average Bonchev–Trinajstić information content (AvgIpc) is 3.07. The van der Waals surface area contributed by atoms with Gasteiger partial charge in [-0.1, -0.05) is 6.92 Å². The Morgan fingerprint density at radius 3 is 3.20 bits per heavy atom.